The number of aryl methyl sites for hydroxylation is 1. The summed E-state index contributed by atoms with van der Waals surface area (Å²) in [5, 5.41) is 3.23. The van der Waals surface area contributed by atoms with Gasteiger partial charge in [-0.05, 0) is 13.0 Å². The highest BCUT2D eigenvalue weighted by molar-refractivity contribution is 5.49. The molecule has 0 atom stereocenters. The van der Waals surface area contributed by atoms with Gasteiger partial charge in [-0.15, -0.1) is 0 Å². The monoisotopic (exact) mass is 192 g/mol. The van der Waals surface area contributed by atoms with Gasteiger partial charge in [0.25, 0.3) is 0 Å². The third-order valence-electron chi connectivity index (χ3n) is 1.52. The molecule has 0 aliphatic rings. The second-order valence-corrected chi connectivity index (χ2v) is 2.52. The van der Waals surface area contributed by atoms with Crippen molar-refractivity contribution in [1.29, 1.82) is 0 Å². The first-order valence-corrected chi connectivity index (χ1v) is 3.50. The zero-order valence-corrected chi connectivity index (χ0v) is 6.80. The highest BCUT2D eigenvalue weighted by Crippen LogP contribution is 2.28. The average molecular weight is 192 g/mol. The second kappa shape index (κ2) is 3.20. The van der Waals surface area contributed by atoms with Crippen LogP contribution in [0.3, 0.4) is 0 Å². The van der Waals surface area contributed by atoms with Crippen molar-refractivity contribution in [3.8, 4) is 0 Å². The Labute approximate surface area is 72.2 Å². The summed E-state index contributed by atoms with van der Waals surface area (Å²) >= 11 is 0. The van der Waals surface area contributed by atoms with E-state index in [1.807, 2.05) is 0 Å². The molecule has 0 radical (unpaired) electrons. The van der Waals surface area contributed by atoms with Crippen molar-refractivity contribution in [2.45, 2.75) is 19.6 Å². The summed E-state index contributed by atoms with van der Waals surface area (Å²) in [7, 11) is 0. The summed E-state index contributed by atoms with van der Waals surface area (Å²) in [5.41, 5.74) is -0.647. The first kappa shape index (κ1) is 9.76. The summed E-state index contributed by atoms with van der Waals surface area (Å²) in [6.45, 7) is 1.31. The third-order valence-corrected chi connectivity index (χ3v) is 1.52. The number of alkyl halides is 3. The molecule has 0 bridgehead atoms. The van der Waals surface area contributed by atoms with Gasteiger partial charge in [0.1, 0.15) is 6.29 Å². The first-order chi connectivity index (χ1) is 5.95. The lowest BCUT2D eigenvalue weighted by Gasteiger charge is -2.00. The molecule has 3 nitrogen and oxygen atoms in total. The number of nitrogens with zero attached hydrogens (tertiary/aromatic N) is 2. The molecule has 0 fully saturated rings. The van der Waals surface area contributed by atoms with E-state index in [4.69, 9.17) is 0 Å². The fraction of sp³-hybridized carbons (Fsp3) is 0.429. The van der Waals surface area contributed by atoms with Crippen LogP contribution < -0.4 is 0 Å². The summed E-state index contributed by atoms with van der Waals surface area (Å²) in [6.07, 6.45) is -3.95. The number of aldehydes is 1. The quantitative estimate of drug-likeness (QED) is 0.664. The normalized spacial score (nSPS) is 11.7. The molecular formula is C7H7F3N2O. The van der Waals surface area contributed by atoms with E-state index in [1.54, 1.807) is 0 Å². The van der Waals surface area contributed by atoms with E-state index in [2.05, 4.69) is 5.10 Å². The lowest BCUT2D eigenvalue weighted by atomic mass is 10.4. The molecule has 0 spiro atoms. The Hall–Kier alpha value is -1.33. The van der Waals surface area contributed by atoms with Gasteiger partial charge in [-0.3, -0.25) is 4.68 Å². The van der Waals surface area contributed by atoms with Crippen LogP contribution in [0.25, 0.3) is 0 Å². The number of hydrogen-bond acceptors (Lipinski definition) is 2. The number of carbonyl (C=O) groups is 1. The molecule has 0 aromatic carbocycles. The highest BCUT2D eigenvalue weighted by atomic mass is 19.4. The van der Waals surface area contributed by atoms with Gasteiger partial charge in [0.05, 0.1) is 6.54 Å². The summed E-state index contributed by atoms with van der Waals surface area (Å²) in [5.74, 6) is 0. The fourth-order valence-corrected chi connectivity index (χ4v) is 0.904. The van der Waals surface area contributed by atoms with Crippen LogP contribution in [-0.2, 0) is 17.5 Å². The Kier molecular flexibility index (Phi) is 2.40. The molecule has 1 aromatic rings. The lowest BCUT2D eigenvalue weighted by Crippen LogP contribution is -2.08. The Morgan fingerprint density at radius 2 is 2.23 bits per heavy atom. The fourth-order valence-electron chi connectivity index (χ4n) is 0.904. The maximum absolute atomic E-state index is 12.1. The summed E-state index contributed by atoms with van der Waals surface area (Å²) in [4.78, 5) is 10.0. The Balaban J connectivity index is 3.01. The van der Waals surface area contributed by atoms with Gasteiger partial charge in [0.2, 0.25) is 0 Å². The highest BCUT2D eigenvalue weighted by Gasteiger charge is 2.34. The summed E-state index contributed by atoms with van der Waals surface area (Å²) in [6, 6.07) is 0.906. The molecule has 0 amide bonds. The van der Waals surface area contributed by atoms with Crippen molar-refractivity contribution in [2.75, 3.05) is 0 Å². The van der Waals surface area contributed by atoms with Gasteiger partial charge in [0, 0.05) is 5.69 Å². The summed E-state index contributed by atoms with van der Waals surface area (Å²) < 4.78 is 37.2. The zero-order valence-electron chi connectivity index (χ0n) is 6.80. The number of carbonyl (C=O) groups excluding carboxylic acids is 1. The van der Waals surface area contributed by atoms with Gasteiger partial charge >= 0.3 is 6.18 Å². The predicted molar refractivity (Wildman–Crippen MR) is 38.0 cm³/mol. The zero-order chi connectivity index (χ0) is 10.1. The van der Waals surface area contributed by atoms with Crippen LogP contribution in [0, 0.1) is 6.92 Å². The molecule has 1 aromatic heterocycles. The SMILES string of the molecule is Cc1cc(C(F)(F)F)nn1CC=O. The molecular weight excluding hydrogens is 185 g/mol. The molecule has 0 aliphatic carbocycles. The van der Waals surface area contributed by atoms with E-state index in [-0.39, 0.29) is 6.54 Å². The predicted octanol–water partition coefficient (Wildman–Crippen LogP) is 1.41. The first-order valence-electron chi connectivity index (χ1n) is 3.50. The smallest absolute Gasteiger partial charge is 0.301 e. The van der Waals surface area contributed by atoms with Crippen LogP contribution in [0.1, 0.15) is 11.4 Å². The Bertz CT molecular complexity index is 316. The van der Waals surface area contributed by atoms with Crippen molar-refractivity contribution < 1.29 is 18.0 Å². The minimum Gasteiger partial charge on any atom is -0.301 e. The minimum absolute atomic E-state index is 0.151. The maximum Gasteiger partial charge on any atom is 0.435 e. The van der Waals surface area contributed by atoms with Crippen molar-refractivity contribution in [3.05, 3.63) is 17.5 Å². The largest absolute Gasteiger partial charge is 0.435 e. The van der Waals surface area contributed by atoms with E-state index < -0.39 is 11.9 Å². The molecule has 1 heterocycles. The Morgan fingerprint density at radius 3 is 2.62 bits per heavy atom. The van der Waals surface area contributed by atoms with E-state index in [0.29, 0.717) is 12.0 Å². The van der Waals surface area contributed by atoms with Crippen LogP contribution in [-0.4, -0.2) is 16.1 Å². The molecule has 0 N–H and O–H groups in total. The third kappa shape index (κ3) is 2.07. The minimum atomic E-state index is -4.45. The molecule has 0 saturated heterocycles. The van der Waals surface area contributed by atoms with Crippen LogP contribution >= 0.6 is 0 Å². The Morgan fingerprint density at radius 1 is 1.62 bits per heavy atom. The van der Waals surface area contributed by atoms with Gasteiger partial charge in [-0.25, -0.2) is 0 Å². The standard InChI is InChI=1S/C7H7F3N2O/c1-5-4-6(7(8,9)10)11-12(5)2-3-13/h3-4H,2H2,1H3. The van der Waals surface area contributed by atoms with Gasteiger partial charge in [0.15, 0.2) is 5.69 Å². The van der Waals surface area contributed by atoms with Crippen molar-refractivity contribution in [2.24, 2.45) is 0 Å². The number of aromatic nitrogens is 2. The van der Waals surface area contributed by atoms with Crippen molar-refractivity contribution >= 4 is 6.29 Å². The lowest BCUT2D eigenvalue weighted by molar-refractivity contribution is -0.141. The number of hydrogen-bond donors (Lipinski definition) is 0. The van der Waals surface area contributed by atoms with Crippen LogP contribution in [0.5, 0.6) is 0 Å². The van der Waals surface area contributed by atoms with Gasteiger partial charge < -0.3 is 4.79 Å². The maximum atomic E-state index is 12.1. The van der Waals surface area contributed by atoms with E-state index in [1.165, 1.54) is 6.92 Å². The van der Waals surface area contributed by atoms with Gasteiger partial charge in [-0.1, -0.05) is 0 Å². The number of rotatable bonds is 2. The molecule has 72 valence electrons. The van der Waals surface area contributed by atoms with E-state index in [9.17, 15) is 18.0 Å². The molecule has 6 heteroatoms. The van der Waals surface area contributed by atoms with Crippen LogP contribution in [0.2, 0.25) is 0 Å². The molecule has 0 aliphatic heterocycles. The van der Waals surface area contributed by atoms with Crippen LogP contribution in [0.4, 0.5) is 13.2 Å². The molecule has 1 rings (SSSR count). The van der Waals surface area contributed by atoms with E-state index in [0.717, 1.165) is 10.7 Å². The van der Waals surface area contributed by atoms with Gasteiger partial charge in [-0.2, -0.15) is 18.3 Å². The molecule has 0 unspecified atom stereocenters. The molecule has 0 saturated carbocycles. The second-order valence-electron chi connectivity index (χ2n) is 2.52. The van der Waals surface area contributed by atoms with Crippen molar-refractivity contribution in [1.82, 2.24) is 9.78 Å². The number of halogens is 3. The van der Waals surface area contributed by atoms with Crippen LogP contribution in [0.15, 0.2) is 6.07 Å². The topological polar surface area (TPSA) is 34.9 Å². The molecule has 13 heavy (non-hydrogen) atoms. The van der Waals surface area contributed by atoms with Crippen molar-refractivity contribution in [3.63, 3.8) is 0 Å². The van der Waals surface area contributed by atoms with E-state index >= 15 is 0 Å². The average Bonchev–Trinajstić information content (AvgIpc) is 2.32.